The van der Waals surface area contributed by atoms with Gasteiger partial charge in [-0.1, -0.05) is 18.2 Å². The first-order valence-electron chi connectivity index (χ1n) is 8.26. The van der Waals surface area contributed by atoms with Crippen LogP contribution in [-0.2, 0) is 14.3 Å². The van der Waals surface area contributed by atoms with Crippen LogP contribution in [0.1, 0.15) is 19.3 Å². The minimum absolute atomic E-state index is 0.0967. The van der Waals surface area contributed by atoms with Gasteiger partial charge in [-0.3, -0.25) is 4.79 Å². The number of fused-ring (bicyclic) bond motifs is 1. The average Bonchev–Trinajstić information content (AvgIpc) is 3.11. The van der Waals surface area contributed by atoms with E-state index in [1.807, 2.05) is 0 Å². The smallest absolute Gasteiger partial charge is 0.307 e. The topological polar surface area (TPSA) is 59.0 Å². The Morgan fingerprint density at radius 2 is 2.13 bits per heavy atom. The minimum Gasteiger partial charge on any atom is -0.481 e. The van der Waals surface area contributed by atoms with Gasteiger partial charge in [0.25, 0.3) is 0 Å². The third-order valence-corrected chi connectivity index (χ3v) is 5.18. The predicted molar refractivity (Wildman–Crippen MR) is 84.0 cm³/mol. The quantitative estimate of drug-likeness (QED) is 0.845. The fourth-order valence-corrected chi connectivity index (χ4v) is 3.85. The van der Waals surface area contributed by atoms with Crippen molar-refractivity contribution in [1.29, 1.82) is 0 Å². The zero-order valence-electron chi connectivity index (χ0n) is 13.0. The second-order valence-electron chi connectivity index (χ2n) is 6.66. The van der Waals surface area contributed by atoms with Crippen molar-refractivity contribution >= 4 is 5.97 Å². The summed E-state index contributed by atoms with van der Waals surface area (Å²) >= 11 is 0. The first-order chi connectivity index (χ1) is 11.2. The number of hydrogen-bond acceptors (Lipinski definition) is 4. The number of piperidine rings is 1. The van der Waals surface area contributed by atoms with Crippen molar-refractivity contribution in [1.82, 2.24) is 4.90 Å². The molecule has 1 N–H and O–H groups in total. The summed E-state index contributed by atoms with van der Waals surface area (Å²) in [7, 11) is 0. The van der Waals surface area contributed by atoms with Gasteiger partial charge in [-0.05, 0) is 30.3 Å². The molecule has 4 rings (SSSR count). The second kappa shape index (κ2) is 5.89. The van der Waals surface area contributed by atoms with Crippen molar-refractivity contribution < 1.29 is 19.4 Å². The molecule has 0 aromatic heterocycles. The van der Waals surface area contributed by atoms with Crippen molar-refractivity contribution in [3.05, 3.63) is 47.8 Å². The van der Waals surface area contributed by atoms with Gasteiger partial charge in [0.05, 0.1) is 5.92 Å². The molecule has 0 amide bonds. The summed E-state index contributed by atoms with van der Waals surface area (Å²) in [5, 5.41) is 9.05. The highest BCUT2D eigenvalue weighted by Gasteiger charge is 2.59. The number of allylic oxidation sites excluding steroid dienone is 4. The first-order valence-corrected chi connectivity index (χ1v) is 8.26. The molecule has 2 atom stereocenters. The van der Waals surface area contributed by atoms with Crippen molar-refractivity contribution in [2.45, 2.75) is 19.3 Å². The van der Waals surface area contributed by atoms with E-state index < -0.39 is 5.97 Å². The molecule has 0 radical (unpaired) electrons. The zero-order valence-corrected chi connectivity index (χ0v) is 13.0. The van der Waals surface area contributed by atoms with E-state index in [-0.39, 0.29) is 5.92 Å². The number of nitrogens with zero attached hydrogens (tertiary/aromatic N) is 1. The lowest BCUT2D eigenvalue weighted by molar-refractivity contribution is -0.139. The molecule has 0 spiro atoms. The Morgan fingerprint density at radius 1 is 1.30 bits per heavy atom. The van der Waals surface area contributed by atoms with Gasteiger partial charge in [-0.15, -0.1) is 0 Å². The van der Waals surface area contributed by atoms with E-state index in [9.17, 15) is 4.79 Å². The predicted octanol–water partition coefficient (Wildman–Crippen LogP) is 2.64. The number of likely N-dealkylation sites (tertiary alicyclic amines) is 1. The van der Waals surface area contributed by atoms with E-state index in [1.165, 1.54) is 5.57 Å². The average molecular weight is 315 g/mol. The van der Waals surface area contributed by atoms with Crippen molar-refractivity contribution in [2.24, 2.45) is 17.8 Å². The molecule has 4 aliphatic rings. The summed E-state index contributed by atoms with van der Waals surface area (Å²) < 4.78 is 11.4. The standard InChI is InChI=1S/C18H21NO4/c20-18(21)17-14-8-19(9-15(14)17)7-6-13-10-22-11-16(23-13)12-4-2-1-3-5-12/h1-2,4,10-11,14-15,17H,3,5-9H2,(H,20,21). The van der Waals surface area contributed by atoms with Crippen LogP contribution in [0.5, 0.6) is 0 Å². The van der Waals surface area contributed by atoms with Gasteiger partial charge in [0.15, 0.2) is 5.76 Å². The fraction of sp³-hybridized carbons (Fsp3) is 0.500. The van der Waals surface area contributed by atoms with Gasteiger partial charge in [-0.25, -0.2) is 0 Å². The third kappa shape index (κ3) is 2.93. The second-order valence-corrected chi connectivity index (χ2v) is 6.66. The monoisotopic (exact) mass is 315 g/mol. The van der Waals surface area contributed by atoms with Gasteiger partial charge in [0.1, 0.15) is 18.3 Å². The molecule has 5 nitrogen and oxygen atoms in total. The molecule has 0 aromatic rings. The fourth-order valence-electron chi connectivity index (χ4n) is 3.85. The number of carboxylic acid groups (broad SMARTS) is 1. The largest absolute Gasteiger partial charge is 0.481 e. The number of rotatable bonds is 5. The van der Waals surface area contributed by atoms with Crippen LogP contribution in [0.25, 0.3) is 0 Å². The summed E-state index contributed by atoms with van der Waals surface area (Å²) in [5.41, 5.74) is 1.17. The molecule has 2 fully saturated rings. The Kier molecular flexibility index (Phi) is 3.73. The molecule has 122 valence electrons. The van der Waals surface area contributed by atoms with Crippen LogP contribution in [0.2, 0.25) is 0 Å². The maximum absolute atomic E-state index is 11.0. The number of carbonyl (C=O) groups is 1. The molecule has 2 aliphatic carbocycles. The lowest BCUT2D eigenvalue weighted by atomic mass is 10.0. The molecule has 0 aromatic carbocycles. The number of carboxylic acids is 1. The van der Waals surface area contributed by atoms with Crippen LogP contribution < -0.4 is 0 Å². The Labute approximate surface area is 135 Å². The summed E-state index contributed by atoms with van der Waals surface area (Å²) in [4.78, 5) is 13.3. The third-order valence-electron chi connectivity index (χ3n) is 5.18. The number of aliphatic carboxylic acids is 1. The molecule has 1 saturated heterocycles. The van der Waals surface area contributed by atoms with E-state index in [1.54, 1.807) is 12.5 Å². The summed E-state index contributed by atoms with van der Waals surface area (Å²) in [6, 6.07) is 0. The lowest BCUT2D eigenvalue weighted by Crippen LogP contribution is -2.27. The van der Waals surface area contributed by atoms with Gasteiger partial charge < -0.3 is 19.5 Å². The summed E-state index contributed by atoms with van der Waals surface area (Å²) in [5.74, 6) is 1.64. The maximum Gasteiger partial charge on any atom is 0.307 e. The molecule has 5 heteroatoms. The van der Waals surface area contributed by atoms with Crippen molar-refractivity contribution in [3.8, 4) is 0 Å². The first kappa shape index (κ1) is 14.6. The van der Waals surface area contributed by atoms with Crippen molar-refractivity contribution in [3.63, 3.8) is 0 Å². The van der Waals surface area contributed by atoms with E-state index in [0.29, 0.717) is 11.8 Å². The molecule has 2 unspecified atom stereocenters. The van der Waals surface area contributed by atoms with Gasteiger partial charge in [0.2, 0.25) is 0 Å². The van der Waals surface area contributed by atoms with Crippen LogP contribution in [0.15, 0.2) is 47.8 Å². The highest BCUT2D eigenvalue weighted by molar-refractivity contribution is 5.74. The van der Waals surface area contributed by atoms with Crippen LogP contribution in [0, 0.1) is 17.8 Å². The molecule has 2 heterocycles. The Hall–Kier alpha value is -2.01. The highest BCUT2D eigenvalue weighted by atomic mass is 16.5. The van der Waals surface area contributed by atoms with Crippen LogP contribution in [-0.4, -0.2) is 35.6 Å². The van der Waals surface area contributed by atoms with E-state index in [2.05, 4.69) is 23.1 Å². The summed E-state index contributed by atoms with van der Waals surface area (Å²) in [6.07, 6.45) is 12.4. The zero-order chi connectivity index (χ0) is 15.8. The Balaban J connectivity index is 1.25. The van der Waals surface area contributed by atoms with Crippen LogP contribution >= 0.6 is 0 Å². The van der Waals surface area contributed by atoms with E-state index in [4.69, 9.17) is 14.6 Å². The molecule has 2 aliphatic heterocycles. The molecular weight excluding hydrogens is 294 g/mol. The normalized spacial score (nSPS) is 32.2. The lowest BCUT2D eigenvalue weighted by Gasteiger charge is -2.22. The van der Waals surface area contributed by atoms with Crippen LogP contribution in [0.4, 0.5) is 0 Å². The highest BCUT2D eigenvalue weighted by Crippen LogP contribution is 2.51. The van der Waals surface area contributed by atoms with Crippen LogP contribution in [0.3, 0.4) is 0 Å². The number of hydrogen-bond donors (Lipinski definition) is 1. The molecule has 0 bridgehead atoms. The molecule has 23 heavy (non-hydrogen) atoms. The van der Waals surface area contributed by atoms with Gasteiger partial charge in [-0.2, -0.15) is 0 Å². The molecular formula is C18H21NO4. The van der Waals surface area contributed by atoms with Crippen molar-refractivity contribution in [2.75, 3.05) is 19.6 Å². The minimum atomic E-state index is -0.629. The van der Waals surface area contributed by atoms with Gasteiger partial charge >= 0.3 is 5.97 Å². The Bertz CT molecular complexity index is 619. The van der Waals surface area contributed by atoms with Gasteiger partial charge in [0, 0.05) is 26.1 Å². The summed E-state index contributed by atoms with van der Waals surface area (Å²) in [6.45, 7) is 2.68. The maximum atomic E-state index is 11.0. The SMILES string of the molecule is O=C(O)C1C2CN(CCC3=COC=C(C4=CC=CCC4)O3)CC21. The van der Waals surface area contributed by atoms with E-state index in [0.717, 1.165) is 50.4 Å². The molecule has 1 saturated carbocycles. The van der Waals surface area contributed by atoms with E-state index >= 15 is 0 Å². The number of ether oxygens (including phenoxy) is 2. The Morgan fingerprint density at radius 3 is 2.83 bits per heavy atom.